The smallest absolute Gasteiger partial charge is 0.307 e. The summed E-state index contributed by atoms with van der Waals surface area (Å²) in [6.45, 7) is 2.20. The van der Waals surface area contributed by atoms with Crippen molar-refractivity contribution in [3.05, 3.63) is 0 Å². The third kappa shape index (κ3) is 4.18. The first-order valence-electron chi connectivity index (χ1n) is 5.83. The van der Waals surface area contributed by atoms with Gasteiger partial charge in [-0.05, 0) is 25.7 Å². The van der Waals surface area contributed by atoms with Crippen molar-refractivity contribution in [3.63, 3.8) is 0 Å². The number of esters is 1. The maximum atomic E-state index is 11.3. The van der Waals surface area contributed by atoms with Gasteiger partial charge in [0.25, 0.3) is 0 Å². The van der Waals surface area contributed by atoms with Crippen LogP contribution in [0.3, 0.4) is 0 Å². The molecule has 0 aromatic rings. The van der Waals surface area contributed by atoms with E-state index < -0.39 is 0 Å². The normalized spacial score (nSPS) is 19.9. The van der Waals surface area contributed by atoms with Crippen molar-refractivity contribution in [2.75, 3.05) is 6.61 Å². The zero-order valence-electron chi connectivity index (χ0n) is 9.37. The van der Waals surface area contributed by atoms with Crippen LogP contribution in [-0.4, -0.2) is 23.8 Å². The molecule has 1 fully saturated rings. The third-order valence-corrected chi connectivity index (χ3v) is 3.08. The second-order valence-electron chi connectivity index (χ2n) is 4.14. The molecule has 15 heavy (non-hydrogen) atoms. The van der Waals surface area contributed by atoms with Gasteiger partial charge in [0.05, 0.1) is 13.0 Å². The number of carbonyl (C=O) groups is 1. The van der Waals surface area contributed by atoms with Crippen LogP contribution in [0.15, 0.2) is 0 Å². The Balaban J connectivity index is 2.36. The lowest BCUT2D eigenvalue weighted by Gasteiger charge is -2.28. The maximum absolute atomic E-state index is 11.3. The Morgan fingerprint density at radius 3 is 2.67 bits per heavy atom. The van der Waals surface area contributed by atoms with Crippen molar-refractivity contribution in [3.8, 4) is 0 Å². The molecule has 0 unspecified atom stereocenters. The van der Waals surface area contributed by atoms with Gasteiger partial charge in [-0.2, -0.15) is 0 Å². The predicted molar refractivity (Wildman–Crippen MR) is 56.5 cm³/mol. The summed E-state index contributed by atoms with van der Waals surface area (Å²) in [5, 5.41) is 9.04. The van der Waals surface area contributed by atoms with Gasteiger partial charge in [0.2, 0.25) is 0 Å². The van der Waals surface area contributed by atoms with Gasteiger partial charge in [-0.15, -0.1) is 0 Å². The molecular formula is C11H21NO3. The fraction of sp³-hybridized carbons (Fsp3) is 0.909. The van der Waals surface area contributed by atoms with Crippen LogP contribution in [0.25, 0.3) is 0 Å². The topological polar surface area (TPSA) is 58.6 Å². The third-order valence-electron chi connectivity index (χ3n) is 3.08. The van der Waals surface area contributed by atoms with E-state index >= 15 is 0 Å². The van der Waals surface area contributed by atoms with Crippen LogP contribution in [0.5, 0.6) is 0 Å². The minimum Gasteiger partial charge on any atom is -0.466 e. The lowest BCUT2D eigenvalue weighted by atomic mass is 9.83. The average Bonchev–Trinajstić information content (AvgIpc) is 2.27. The molecule has 1 rings (SSSR count). The van der Waals surface area contributed by atoms with Crippen LogP contribution in [0.2, 0.25) is 0 Å². The Morgan fingerprint density at radius 1 is 1.47 bits per heavy atom. The summed E-state index contributed by atoms with van der Waals surface area (Å²) >= 11 is 0. The van der Waals surface area contributed by atoms with Crippen LogP contribution in [0.4, 0.5) is 0 Å². The van der Waals surface area contributed by atoms with E-state index in [1.165, 1.54) is 19.3 Å². The zero-order chi connectivity index (χ0) is 11.1. The van der Waals surface area contributed by atoms with Crippen molar-refractivity contribution in [2.45, 2.75) is 51.5 Å². The first kappa shape index (κ1) is 12.5. The minimum atomic E-state index is -0.227. The van der Waals surface area contributed by atoms with E-state index in [-0.39, 0.29) is 18.4 Å². The van der Waals surface area contributed by atoms with Gasteiger partial charge in [0.15, 0.2) is 0 Å². The molecule has 1 saturated carbocycles. The van der Waals surface area contributed by atoms with Crippen molar-refractivity contribution in [1.29, 1.82) is 0 Å². The SMILES string of the molecule is CCOC(=O)C[C@H](NO)C1CCCCC1. The van der Waals surface area contributed by atoms with Gasteiger partial charge >= 0.3 is 5.97 Å². The number of ether oxygens (including phenoxy) is 1. The molecule has 4 heteroatoms. The minimum absolute atomic E-state index is 0.135. The molecular weight excluding hydrogens is 194 g/mol. The van der Waals surface area contributed by atoms with Crippen LogP contribution in [-0.2, 0) is 9.53 Å². The second-order valence-corrected chi connectivity index (χ2v) is 4.14. The molecule has 0 spiro atoms. The fourth-order valence-electron chi connectivity index (χ4n) is 2.25. The molecule has 0 amide bonds. The number of hydroxylamine groups is 1. The standard InChI is InChI=1S/C11H21NO3/c1-2-15-11(13)8-10(12-14)9-6-4-3-5-7-9/h9-10,12,14H,2-8H2,1H3/t10-/m0/s1. The summed E-state index contributed by atoms with van der Waals surface area (Å²) in [5.41, 5.74) is 2.26. The second kappa shape index (κ2) is 6.80. The molecule has 2 N–H and O–H groups in total. The highest BCUT2D eigenvalue weighted by Crippen LogP contribution is 2.27. The molecule has 0 bridgehead atoms. The van der Waals surface area contributed by atoms with E-state index in [2.05, 4.69) is 5.48 Å². The monoisotopic (exact) mass is 215 g/mol. The highest BCUT2D eigenvalue weighted by atomic mass is 16.5. The number of hydrogen-bond donors (Lipinski definition) is 2. The number of hydrogen-bond acceptors (Lipinski definition) is 4. The summed E-state index contributed by atoms with van der Waals surface area (Å²) in [5.74, 6) is 0.183. The molecule has 0 saturated heterocycles. The Hall–Kier alpha value is -0.610. The largest absolute Gasteiger partial charge is 0.466 e. The van der Waals surface area contributed by atoms with Crippen LogP contribution < -0.4 is 5.48 Å². The summed E-state index contributed by atoms with van der Waals surface area (Å²) in [6.07, 6.45) is 6.13. The van der Waals surface area contributed by atoms with E-state index in [1.807, 2.05) is 0 Å². The zero-order valence-corrected chi connectivity index (χ0v) is 9.37. The van der Waals surface area contributed by atoms with Crippen LogP contribution in [0, 0.1) is 5.92 Å². The number of carbonyl (C=O) groups excluding carboxylic acids is 1. The lowest BCUT2D eigenvalue weighted by molar-refractivity contribution is -0.145. The first-order chi connectivity index (χ1) is 7.27. The van der Waals surface area contributed by atoms with Gasteiger partial charge < -0.3 is 9.94 Å². The summed E-state index contributed by atoms with van der Waals surface area (Å²) < 4.78 is 4.87. The molecule has 0 aromatic heterocycles. The van der Waals surface area contributed by atoms with Gasteiger partial charge in [0, 0.05) is 6.04 Å². The fourth-order valence-corrected chi connectivity index (χ4v) is 2.25. The summed E-state index contributed by atoms with van der Waals surface area (Å²) in [6, 6.07) is -0.135. The quantitative estimate of drug-likeness (QED) is 0.543. The molecule has 0 radical (unpaired) electrons. The molecule has 88 valence electrons. The Kier molecular flexibility index (Phi) is 5.65. The lowest BCUT2D eigenvalue weighted by Crippen LogP contribution is -2.37. The van der Waals surface area contributed by atoms with E-state index in [0.717, 1.165) is 12.8 Å². The van der Waals surface area contributed by atoms with Gasteiger partial charge in [-0.1, -0.05) is 19.3 Å². The highest BCUT2D eigenvalue weighted by molar-refractivity contribution is 5.70. The van der Waals surface area contributed by atoms with Gasteiger partial charge in [-0.3, -0.25) is 4.79 Å². The number of nitrogens with one attached hydrogen (secondary N) is 1. The van der Waals surface area contributed by atoms with Crippen LogP contribution in [0.1, 0.15) is 45.4 Å². The molecule has 1 aliphatic carbocycles. The van der Waals surface area contributed by atoms with Crippen molar-refractivity contribution < 1.29 is 14.7 Å². The average molecular weight is 215 g/mol. The predicted octanol–water partition coefficient (Wildman–Crippen LogP) is 1.87. The van der Waals surface area contributed by atoms with Gasteiger partial charge in [-0.25, -0.2) is 5.48 Å². The summed E-state index contributed by atoms with van der Waals surface area (Å²) in [7, 11) is 0. The molecule has 0 aliphatic heterocycles. The molecule has 0 aromatic carbocycles. The molecule has 0 heterocycles. The molecule has 4 nitrogen and oxygen atoms in total. The van der Waals surface area contributed by atoms with Crippen LogP contribution >= 0.6 is 0 Å². The van der Waals surface area contributed by atoms with E-state index in [4.69, 9.17) is 9.94 Å². The van der Waals surface area contributed by atoms with Crippen molar-refractivity contribution in [1.82, 2.24) is 5.48 Å². The van der Waals surface area contributed by atoms with E-state index in [1.54, 1.807) is 6.92 Å². The number of rotatable bonds is 5. The van der Waals surface area contributed by atoms with E-state index in [9.17, 15) is 4.79 Å². The highest BCUT2D eigenvalue weighted by Gasteiger charge is 2.25. The van der Waals surface area contributed by atoms with Crippen molar-refractivity contribution in [2.24, 2.45) is 5.92 Å². The first-order valence-corrected chi connectivity index (χ1v) is 5.83. The summed E-state index contributed by atoms with van der Waals surface area (Å²) in [4.78, 5) is 11.3. The Bertz CT molecular complexity index is 190. The maximum Gasteiger partial charge on any atom is 0.307 e. The Morgan fingerprint density at radius 2 is 2.13 bits per heavy atom. The van der Waals surface area contributed by atoms with E-state index in [0.29, 0.717) is 12.5 Å². The molecule has 1 atom stereocenters. The van der Waals surface area contributed by atoms with Crippen molar-refractivity contribution >= 4 is 5.97 Å². The molecule has 1 aliphatic rings. The Labute approximate surface area is 91.0 Å². The van der Waals surface area contributed by atoms with Gasteiger partial charge in [0.1, 0.15) is 0 Å².